The molecule has 1 aliphatic rings. The normalized spacial score (nSPS) is 18.1. The smallest absolute Gasteiger partial charge is 0.255 e. The van der Waals surface area contributed by atoms with E-state index >= 15 is 0 Å². The number of anilines is 2. The first-order valence-electron chi connectivity index (χ1n) is 8.30. The lowest BCUT2D eigenvalue weighted by Crippen LogP contribution is -2.40. The highest BCUT2D eigenvalue weighted by Gasteiger charge is 2.16. The highest BCUT2D eigenvalue weighted by Crippen LogP contribution is 2.20. The summed E-state index contributed by atoms with van der Waals surface area (Å²) in [6, 6.07) is 11.3. The fourth-order valence-corrected chi connectivity index (χ4v) is 2.89. The van der Waals surface area contributed by atoms with E-state index in [4.69, 9.17) is 10.5 Å². The number of halogens is 1. The molecule has 3 rings (SSSR count). The number of nitrogen functional groups attached to an aromatic ring is 1. The third kappa shape index (κ3) is 4.55. The molecule has 2 aromatic rings. The number of morpholine rings is 1. The van der Waals surface area contributed by atoms with Gasteiger partial charge in [0, 0.05) is 25.2 Å². The van der Waals surface area contributed by atoms with Crippen LogP contribution in [-0.4, -0.2) is 36.6 Å². The number of nitrogens with two attached hydrogens (primary N) is 1. The molecular weight excluding hydrogens is 321 g/mol. The summed E-state index contributed by atoms with van der Waals surface area (Å²) in [6.45, 7) is 5.45. The molecule has 25 heavy (non-hydrogen) atoms. The van der Waals surface area contributed by atoms with Crippen LogP contribution in [0.25, 0.3) is 0 Å². The van der Waals surface area contributed by atoms with Crippen molar-refractivity contribution in [3.8, 4) is 0 Å². The molecule has 0 bridgehead atoms. The van der Waals surface area contributed by atoms with E-state index in [9.17, 15) is 9.18 Å². The number of nitrogens with one attached hydrogen (secondary N) is 1. The average Bonchev–Trinajstić information content (AvgIpc) is 2.59. The number of hydrogen-bond acceptors (Lipinski definition) is 4. The number of ether oxygens (including phenoxy) is 1. The highest BCUT2D eigenvalue weighted by molar-refractivity contribution is 6.05. The van der Waals surface area contributed by atoms with E-state index < -0.39 is 5.82 Å². The molecule has 1 heterocycles. The second-order valence-corrected chi connectivity index (χ2v) is 6.30. The summed E-state index contributed by atoms with van der Waals surface area (Å²) in [5, 5.41) is 2.64. The van der Waals surface area contributed by atoms with Crippen molar-refractivity contribution in [3.05, 3.63) is 59.4 Å². The summed E-state index contributed by atoms with van der Waals surface area (Å²) >= 11 is 0. The van der Waals surface area contributed by atoms with Gasteiger partial charge in [0.1, 0.15) is 5.82 Å². The van der Waals surface area contributed by atoms with E-state index in [1.54, 1.807) is 12.1 Å². The van der Waals surface area contributed by atoms with E-state index in [1.807, 2.05) is 12.1 Å². The molecule has 3 N–H and O–H groups in total. The number of benzene rings is 2. The minimum atomic E-state index is -0.445. The van der Waals surface area contributed by atoms with Gasteiger partial charge in [0.15, 0.2) is 0 Å². The summed E-state index contributed by atoms with van der Waals surface area (Å²) in [6.07, 6.45) is 0.246. The Morgan fingerprint density at radius 3 is 2.80 bits per heavy atom. The third-order valence-electron chi connectivity index (χ3n) is 4.21. The lowest BCUT2D eigenvalue weighted by atomic mass is 10.1. The number of nitrogens with zero attached hydrogens (tertiary/aromatic N) is 1. The lowest BCUT2D eigenvalue weighted by molar-refractivity contribution is -0.0212. The van der Waals surface area contributed by atoms with E-state index in [0.29, 0.717) is 11.3 Å². The van der Waals surface area contributed by atoms with Gasteiger partial charge >= 0.3 is 0 Å². The molecule has 5 nitrogen and oxygen atoms in total. The Morgan fingerprint density at radius 2 is 2.08 bits per heavy atom. The molecule has 1 unspecified atom stereocenters. The van der Waals surface area contributed by atoms with Crippen LogP contribution in [0, 0.1) is 5.82 Å². The Hall–Kier alpha value is -2.44. The van der Waals surface area contributed by atoms with Crippen molar-refractivity contribution in [1.29, 1.82) is 0 Å². The molecular formula is C19H22FN3O2. The van der Waals surface area contributed by atoms with Crippen LogP contribution in [0.3, 0.4) is 0 Å². The molecule has 132 valence electrons. The van der Waals surface area contributed by atoms with Gasteiger partial charge < -0.3 is 15.8 Å². The highest BCUT2D eigenvalue weighted by atomic mass is 19.1. The van der Waals surface area contributed by atoms with E-state index in [0.717, 1.165) is 31.8 Å². The minimum Gasteiger partial charge on any atom is -0.397 e. The van der Waals surface area contributed by atoms with Gasteiger partial charge in [-0.25, -0.2) is 4.39 Å². The zero-order chi connectivity index (χ0) is 17.8. The number of carbonyl (C=O) groups is 1. The summed E-state index contributed by atoms with van der Waals surface area (Å²) in [4.78, 5) is 14.6. The van der Waals surface area contributed by atoms with Gasteiger partial charge in [-0.1, -0.05) is 12.1 Å². The van der Waals surface area contributed by atoms with E-state index in [2.05, 4.69) is 17.1 Å². The molecule has 1 saturated heterocycles. The maximum absolute atomic E-state index is 13.3. The maximum atomic E-state index is 13.3. The molecule has 0 spiro atoms. The van der Waals surface area contributed by atoms with Crippen LogP contribution < -0.4 is 11.1 Å². The predicted molar refractivity (Wildman–Crippen MR) is 95.9 cm³/mol. The number of rotatable bonds is 4. The van der Waals surface area contributed by atoms with E-state index in [-0.39, 0.29) is 17.7 Å². The second-order valence-electron chi connectivity index (χ2n) is 6.30. The Kier molecular flexibility index (Phi) is 5.31. The SMILES string of the molecule is CC1CN(Cc2ccc(C(=O)Nc3cc(F)ccc3N)cc2)CCO1. The molecule has 0 aromatic heterocycles. The first-order valence-corrected chi connectivity index (χ1v) is 8.30. The summed E-state index contributed by atoms with van der Waals surface area (Å²) in [5.74, 6) is -0.761. The van der Waals surface area contributed by atoms with Crippen molar-refractivity contribution in [3.63, 3.8) is 0 Å². The Labute approximate surface area is 146 Å². The molecule has 1 fully saturated rings. The van der Waals surface area contributed by atoms with Crippen LogP contribution in [0.2, 0.25) is 0 Å². The summed E-state index contributed by atoms with van der Waals surface area (Å²) in [7, 11) is 0. The van der Waals surface area contributed by atoms with Gasteiger partial charge in [-0.15, -0.1) is 0 Å². The molecule has 0 aliphatic carbocycles. The Bertz CT molecular complexity index is 749. The molecule has 0 saturated carbocycles. The largest absolute Gasteiger partial charge is 0.397 e. The van der Waals surface area contributed by atoms with Gasteiger partial charge in [0.25, 0.3) is 5.91 Å². The Balaban J connectivity index is 1.63. The molecule has 2 aromatic carbocycles. The molecule has 1 amide bonds. The third-order valence-corrected chi connectivity index (χ3v) is 4.21. The van der Waals surface area contributed by atoms with Crippen molar-refractivity contribution in [2.45, 2.75) is 19.6 Å². The first kappa shape index (κ1) is 17.4. The molecule has 1 aliphatic heterocycles. The van der Waals surface area contributed by atoms with Crippen LogP contribution in [0.15, 0.2) is 42.5 Å². The fraction of sp³-hybridized carbons (Fsp3) is 0.316. The maximum Gasteiger partial charge on any atom is 0.255 e. The molecule has 0 radical (unpaired) electrons. The first-order chi connectivity index (χ1) is 12.0. The van der Waals surface area contributed by atoms with Crippen LogP contribution >= 0.6 is 0 Å². The van der Waals surface area contributed by atoms with Gasteiger partial charge in [-0.3, -0.25) is 9.69 Å². The summed E-state index contributed by atoms with van der Waals surface area (Å²) < 4.78 is 18.8. The van der Waals surface area contributed by atoms with Gasteiger partial charge in [-0.2, -0.15) is 0 Å². The van der Waals surface area contributed by atoms with Crippen molar-refractivity contribution in [2.75, 3.05) is 30.7 Å². The van der Waals surface area contributed by atoms with Crippen molar-refractivity contribution in [2.24, 2.45) is 0 Å². The van der Waals surface area contributed by atoms with Crippen LogP contribution in [0.4, 0.5) is 15.8 Å². The van der Waals surface area contributed by atoms with Crippen molar-refractivity contribution < 1.29 is 13.9 Å². The standard InChI is InChI=1S/C19H22FN3O2/c1-13-11-23(8-9-25-13)12-14-2-4-15(5-3-14)19(24)22-18-10-16(20)6-7-17(18)21/h2-7,10,13H,8-9,11-12,21H2,1H3,(H,22,24). The minimum absolute atomic E-state index is 0.246. The molecule has 1 atom stereocenters. The van der Waals surface area contributed by atoms with Gasteiger partial charge in [0.05, 0.1) is 24.1 Å². The number of amides is 1. The quantitative estimate of drug-likeness (QED) is 0.838. The lowest BCUT2D eigenvalue weighted by Gasteiger charge is -2.31. The summed E-state index contributed by atoms with van der Waals surface area (Å²) in [5.41, 5.74) is 8.00. The average molecular weight is 343 g/mol. The van der Waals surface area contributed by atoms with Crippen molar-refractivity contribution >= 4 is 17.3 Å². The topological polar surface area (TPSA) is 67.6 Å². The second kappa shape index (κ2) is 7.63. The van der Waals surface area contributed by atoms with E-state index in [1.165, 1.54) is 18.2 Å². The van der Waals surface area contributed by atoms with Gasteiger partial charge in [0.2, 0.25) is 0 Å². The Morgan fingerprint density at radius 1 is 1.32 bits per heavy atom. The predicted octanol–water partition coefficient (Wildman–Crippen LogP) is 2.88. The fourth-order valence-electron chi connectivity index (χ4n) is 2.89. The van der Waals surface area contributed by atoms with Crippen LogP contribution in [0.1, 0.15) is 22.8 Å². The zero-order valence-electron chi connectivity index (χ0n) is 14.2. The monoisotopic (exact) mass is 343 g/mol. The van der Waals surface area contributed by atoms with Crippen molar-refractivity contribution in [1.82, 2.24) is 4.90 Å². The molecule has 6 heteroatoms. The zero-order valence-corrected chi connectivity index (χ0v) is 14.2. The van der Waals surface area contributed by atoms with Gasteiger partial charge in [-0.05, 0) is 42.8 Å². The van der Waals surface area contributed by atoms with Crippen LogP contribution in [-0.2, 0) is 11.3 Å². The van der Waals surface area contributed by atoms with Crippen LogP contribution in [0.5, 0.6) is 0 Å². The number of carbonyl (C=O) groups excluding carboxylic acids is 1. The number of hydrogen-bond donors (Lipinski definition) is 2.